The number of rotatable bonds is 0. The van der Waals surface area contributed by atoms with Crippen LogP contribution in [0.1, 0.15) is 1.43 Å². The Hall–Kier alpha value is -2.06. The smallest absolute Gasteiger partial charge is 1.00 e. The molecular formula is C6H7N6Na. The molecule has 0 aromatic carbocycles. The maximum atomic E-state index is 6.50. The van der Waals surface area contributed by atoms with Gasteiger partial charge in [-0.3, -0.25) is 0 Å². The van der Waals surface area contributed by atoms with E-state index in [1.165, 1.54) is 0 Å². The van der Waals surface area contributed by atoms with Crippen LogP contribution in [0.3, 0.4) is 0 Å². The Bertz CT molecular complexity index is 97.3. The van der Waals surface area contributed by atoms with Gasteiger partial charge >= 0.3 is 29.6 Å². The predicted molar refractivity (Wildman–Crippen MR) is 41.1 cm³/mol. The summed E-state index contributed by atoms with van der Waals surface area (Å²) in [5, 5.41) is 39.0. The molecule has 0 saturated carbocycles. The molecule has 0 spiro atoms. The van der Waals surface area contributed by atoms with Gasteiger partial charge in [-0.15, -0.1) is 0 Å². The fraction of sp³-hybridized carbons (Fsp3) is 0. The minimum Gasteiger partial charge on any atom is -1.00 e. The van der Waals surface area contributed by atoms with E-state index >= 15 is 0 Å². The zero-order valence-corrected chi connectivity index (χ0v) is 9.15. The van der Waals surface area contributed by atoms with E-state index in [-0.39, 0.29) is 31.0 Å². The van der Waals surface area contributed by atoms with E-state index in [1.807, 2.05) is 0 Å². The molecule has 0 heterocycles. The van der Waals surface area contributed by atoms with Gasteiger partial charge in [0.25, 0.3) is 0 Å². The van der Waals surface area contributed by atoms with E-state index in [9.17, 15) is 0 Å². The molecule has 0 aliphatic heterocycles. The molecule has 0 aliphatic rings. The van der Waals surface area contributed by atoms with Crippen molar-refractivity contribution in [3.05, 3.63) is 0 Å². The van der Waals surface area contributed by atoms with Gasteiger partial charge in [0, 0.05) is 39.4 Å². The van der Waals surface area contributed by atoms with Crippen LogP contribution in [0.15, 0.2) is 0 Å². The van der Waals surface area contributed by atoms with Crippen LogP contribution in [-0.4, -0.2) is 0 Å². The molecule has 0 radical (unpaired) electrons. The van der Waals surface area contributed by atoms with E-state index in [1.54, 1.807) is 0 Å². The fourth-order valence-corrected chi connectivity index (χ4v) is 0. The van der Waals surface area contributed by atoms with Gasteiger partial charge in [0.1, 0.15) is 0 Å². The molecule has 0 fully saturated rings. The van der Waals surface area contributed by atoms with E-state index in [0.717, 1.165) is 0 Å². The van der Waals surface area contributed by atoms with Gasteiger partial charge < -0.3 is 1.43 Å². The molecule has 62 valence electrons. The van der Waals surface area contributed by atoms with Crippen LogP contribution < -0.4 is 29.6 Å². The fourth-order valence-electron chi connectivity index (χ4n) is 0. The van der Waals surface area contributed by atoms with Crippen molar-refractivity contribution >= 4 is 0 Å². The second-order valence-corrected chi connectivity index (χ2v) is 0. The first-order chi connectivity index (χ1) is 6.00. The summed E-state index contributed by atoms with van der Waals surface area (Å²) < 4.78 is 0. The summed E-state index contributed by atoms with van der Waals surface area (Å²) in [6.45, 7) is 21.0. The molecule has 0 amide bonds. The van der Waals surface area contributed by atoms with Gasteiger partial charge in [-0.2, -0.15) is 0 Å². The quantitative estimate of drug-likeness (QED) is 0.398. The second-order valence-electron chi connectivity index (χ2n) is 0. The summed E-state index contributed by atoms with van der Waals surface area (Å²) in [6.07, 6.45) is 0. The Kier molecular flexibility index (Phi) is 1000. The minimum absolute atomic E-state index is 0. The third-order valence-electron chi connectivity index (χ3n) is 0. The zero-order valence-electron chi connectivity index (χ0n) is 8.15. The van der Waals surface area contributed by atoms with E-state index < -0.39 is 0 Å². The molecule has 0 N–H and O–H groups in total. The monoisotopic (exact) mass is 186 g/mol. The topological polar surface area (TPSA) is 143 Å². The number of nitriles is 6. The van der Waals surface area contributed by atoms with E-state index in [2.05, 4.69) is 39.4 Å². The van der Waals surface area contributed by atoms with Crippen molar-refractivity contribution in [3.8, 4) is 39.4 Å². The van der Waals surface area contributed by atoms with Crippen LogP contribution in [0.2, 0.25) is 0 Å². The van der Waals surface area contributed by atoms with Gasteiger partial charge in [0.2, 0.25) is 0 Å². The number of nitrogens with zero attached hydrogens (tertiary/aromatic N) is 6. The molecule has 0 unspecified atom stereocenters. The Morgan fingerprint density at radius 1 is 0.385 bits per heavy atom. The Morgan fingerprint density at radius 3 is 0.385 bits per heavy atom. The molecule has 7 heteroatoms. The van der Waals surface area contributed by atoms with Gasteiger partial charge in [-0.05, 0) is 0 Å². The molecule has 0 aromatic rings. The Morgan fingerprint density at radius 2 is 0.385 bits per heavy atom. The van der Waals surface area contributed by atoms with Gasteiger partial charge in [-0.25, -0.2) is 31.6 Å². The predicted octanol–water partition coefficient (Wildman–Crippen LogP) is -2.04. The van der Waals surface area contributed by atoms with E-state index in [4.69, 9.17) is 31.6 Å². The molecule has 0 atom stereocenters. The third-order valence-corrected chi connectivity index (χ3v) is 0. The van der Waals surface area contributed by atoms with Crippen molar-refractivity contribution in [2.24, 2.45) is 0 Å². The molecule has 0 rings (SSSR count). The van der Waals surface area contributed by atoms with Crippen LogP contribution >= 0.6 is 0 Å². The van der Waals surface area contributed by atoms with Gasteiger partial charge in [0.15, 0.2) is 0 Å². The molecule has 0 aliphatic carbocycles. The average Bonchev–Trinajstić information content (AvgIpc) is 2.33. The van der Waals surface area contributed by atoms with Crippen molar-refractivity contribution in [1.29, 1.82) is 31.6 Å². The summed E-state index contributed by atoms with van der Waals surface area (Å²) in [5.41, 5.74) is 0. The number of hydrogen-bond acceptors (Lipinski definition) is 6. The largest absolute Gasteiger partial charge is 1.00 e. The first-order valence-corrected chi connectivity index (χ1v) is 1.55. The van der Waals surface area contributed by atoms with Gasteiger partial charge in [0.05, 0.1) is 0 Å². The van der Waals surface area contributed by atoms with Crippen LogP contribution in [0.4, 0.5) is 0 Å². The van der Waals surface area contributed by atoms with Gasteiger partial charge in [-0.1, -0.05) is 0 Å². The van der Waals surface area contributed by atoms with Crippen LogP contribution in [-0.2, 0) is 0 Å². The van der Waals surface area contributed by atoms with Crippen molar-refractivity contribution in [2.75, 3.05) is 0 Å². The summed E-state index contributed by atoms with van der Waals surface area (Å²) in [4.78, 5) is 0. The molecule has 6 nitrogen and oxygen atoms in total. The molecular weight excluding hydrogens is 179 g/mol. The zero-order chi connectivity index (χ0) is 12.0. The molecule has 13 heavy (non-hydrogen) atoms. The second kappa shape index (κ2) is 187. The molecule has 0 aromatic heterocycles. The Balaban J connectivity index is -0.00000000500. The maximum Gasteiger partial charge on any atom is 1.00 e. The first-order valence-electron chi connectivity index (χ1n) is 1.55. The maximum absolute atomic E-state index is 6.50. The van der Waals surface area contributed by atoms with Crippen molar-refractivity contribution in [2.45, 2.75) is 0 Å². The van der Waals surface area contributed by atoms with Crippen molar-refractivity contribution in [3.63, 3.8) is 0 Å². The minimum atomic E-state index is 0. The normalized spacial score (nSPS) is 0.923. The standard InChI is InChI=1S/6CHN.Na.H/c6*1-2;;/h6*1H;;/q;;;;;;+1;-1. The summed E-state index contributed by atoms with van der Waals surface area (Å²) in [7, 11) is 0. The van der Waals surface area contributed by atoms with Crippen LogP contribution in [0.5, 0.6) is 0 Å². The average molecular weight is 186 g/mol. The summed E-state index contributed by atoms with van der Waals surface area (Å²) in [5.74, 6) is 0. The number of hydrogen-bond donors (Lipinski definition) is 0. The molecule has 0 saturated heterocycles. The van der Waals surface area contributed by atoms with Crippen LogP contribution in [0, 0.1) is 71.0 Å². The molecule has 0 bridgehead atoms. The van der Waals surface area contributed by atoms with E-state index in [0.29, 0.717) is 0 Å². The SMILES string of the molecule is C#N.C#N.C#N.C#N.C#N.C#N.[H-].[Na+]. The Labute approximate surface area is 102 Å². The summed E-state index contributed by atoms with van der Waals surface area (Å²) >= 11 is 0. The van der Waals surface area contributed by atoms with Crippen molar-refractivity contribution < 1.29 is 31.0 Å². The first kappa shape index (κ1) is 69.6. The van der Waals surface area contributed by atoms with Crippen LogP contribution in [0.25, 0.3) is 0 Å². The summed E-state index contributed by atoms with van der Waals surface area (Å²) in [6, 6.07) is 0. The van der Waals surface area contributed by atoms with Crippen molar-refractivity contribution in [1.82, 2.24) is 0 Å². The third kappa shape index (κ3) is 148.